The fourth-order valence-corrected chi connectivity index (χ4v) is 3.46. The number of nitrogens with one attached hydrogen (secondary N) is 3. The van der Waals surface area contributed by atoms with Gasteiger partial charge in [-0.25, -0.2) is 4.99 Å². The molecule has 0 heterocycles. The Bertz CT molecular complexity index is 658. The molecule has 0 atom stereocenters. The van der Waals surface area contributed by atoms with Crippen LogP contribution in [0.3, 0.4) is 0 Å². The van der Waals surface area contributed by atoms with E-state index in [1.807, 2.05) is 31.2 Å². The summed E-state index contributed by atoms with van der Waals surface area (Å²) in [7, 11) is 0. The summed E-state index contributed by atoms with van der Waals surface area (Å²) < 4.78 is 5.96. The first-order valence-corrected chi connectivity index (χ1v) is 10.8. The minimum absolute atomic E-state index is 0. The first kappa shape index (κ1) is 23.8. The van der Waals surface area contributed by atoms with Crippen LogP contribution in [0, 0.1) is 5.92 Å². The number of benzene rings is 1. The average Bonchev–Trinajstić information content (AvgIpc) is 3.54. The van der Waals surface area contributed by atoms with Crippen molar-refractivity contribution in [2.75, 3.05) is 19.7 Å². The van der Waals surface area contributed by atoms with E-state index in [1.165, 1.54) is 32.1 Å². The third kappa shape index (κ3) is 8.80. The zero-order valence-corrected chi connectivity index (χ0v) is 19.7. The number of ether oxygens (including phenoxy) is 1. The van der Waals surface area contributed by atoms with Crippen LogP contribution in [0.5, 0.6) is 5.75 Å². The van der Waals surface area contributed by atoms with Gasteiger partial charge in [-0.15, -0.1) is 24.0 Å². The van der Waals surface area contributed by atoms with Crippen molar-refractivity contribution < 1.29 is 9.53 Å². The molecule has 0 bridgehead atoms. The van der Waals surface area contributed by atoms with Crippen LogP contribution in [0.1, 0.15) is 57.4 Å². The molecule has 2 saturated carbocycles. The molecule has 0 aliphatic heterocycles. The molecular formula is C22H35IN4O2. The van der Waals surface area contributed by atoms with Crippen LogP contribution in [-0.4, -0.2) is 37.6 Å². The van der Waals surface area contributed by atoms with Crippen molar-refractivity contribution in [2.24, 2.45) is 10.9 Å². The van der Waals surface area contributed by atoms with Gasteiger partial charge in [0.05, 0.1) is 19.7 Å². The third-order valence-corrected chi connectivity index (χ3v) is 5.28. The smallest absolute Gasteiger partial charge is 0.239 e. The van der Waals surface area contributed by atoms with Crippen LogP contribution in [0.2, 0.25) is 0 Å². The highest BCUT2D eigenvalue weighted by Gasteiger charge is 2.22. The summed E-state index contributed by atoms with van der Waals surface area (Å²) in [4.78, 5) is 16.9. The van der Waals surface area contributed by atoms with E-state index in [0.717, 1.165) is 43.2 Å². The topological polar surface area (TPSA) is 74.8 Å². The van der Waals surface area contributed by atoms with Gasteiger partial charge in [0.25, 0.3) is 0 Å². The van der Waals surface area contributed by atoms with Crippen molar-refractivity contribution >= 4 is 35.8 Å². The maximum absolute atomic E-state index is 12.2. The number of amides is 1. The normalized spacial score (nSPS) is 17.2. The third-order valence-electron chi connectivity index (χ3n) is 5.28. The van der Waals surface area contributed by atoms with Crippen molar-refractivity contribution in [2.45, 2.75) is 64.5 Å². The molecule has 1 aromatic carbocycles. The Morgan fingerprint density at radius 3 is 2.59 bits per heavy atom. The van der Waals surface area contributed by atoms with E-state index in [9.17, 15) is 4.79 Å². The average molecular weight is 514 g/mol. The molecule has 3 rings (SSSR count). The minimum atomic E-state index is 0. The van der Waals surface area contributed by atoms with Gasteiger partial charge >= 0.3 is 0 Å². The van der Waals surface area contributed by atoms with Gasteiger partial charge in [-0.05, 0) is 44.6 Å². The van der Waals surface area contributed by atoms with Crippen molar-refractivity contribution in [1.29, 1.82) is 0 Å². The molecule has 0 unspecified atom stereocenters. The van der Waals surface area contributed by atoms with Gasteiger partial charge in [0, 0.05) is 18.2 Å². The summed E-state index contributed by atoms with van der Waals surface area (Å²) in [5.41, 5.74) is 1.06. The number of para-hydroxylation sites is 1. The number of rotatable bonds is 9. The van der Waals surface area contributed by atoms with Gasteiger partial charge in [0.1, 0.15) is 5.75 Å². The number of hydrogen-bond donors (Lipinski definition) is 3. The summed E-state index contributed by atoms with van der Waals surface area (Å²) >= 11 is 0. The molecule has 0 aromatic heterocycles. The maximum atomic E-state index is 12.2. The predicted molar refractivity (Wildman–Crippen MR) is 128 cm³/mol. The Kier molecular flexibility index (Phi) is 10.6. The van der Waals surface area contributed by atoms with Crippen LogP contribution in [0.15, 0.2) is 29.3 Å². The number of hydrogen-bond acceptors (Lipinski definition) is 3. The van der Waals surface area contributed by atoms with E-state index in [0.29, 0.717) is 18.5 Å². The largest absolute Gasteiger partial charge is 0.493 e. The van der Waals surface area contributed by atoms with Gasteiger partial charge in [-0.1, -0.05) is 37.5 Å². The van der Waals surface area contributed by atoms with Crippen LogP contribution < -0.4 is 20.7 Å². The van der Waals surface area contributed by atoms with Gasteiger partial charge in [0.15, 0.2) is 5.96 Å². The number of carbonyl (C=O) groups is 1. The van der Waals surface area contributed by atoms with Crippen molar-refractivity contribution in [1.82, 2.24) is 16.0 Å². The molecule has 2 aliphatic carbocycles. The van der Waals surface area contributed by atoms with Crippen LogP contribution in [0.25, 0.3) is 0 Å². The van der Waals surface area contributed by atoms with Gasteiger partial charge < -0.3 is 20.7 Å². The van der Waals surface area contributed by atoms with E-state index in [1.54, 1.807) is 0 Å². The zero-order chi connectivity index (χ0) is 19.6. The van der Waals surface area contributed by atoms with Gasteiger partial charge in [0.2, 0.25) is 5.91 Å². The molecule has 2 aliphatic rings. The van der Waals surface area contributed by atoms with Crippen LogP contribution >= 0.6 is 24.0 Å². The highest BCUT2D eigenvalue weighted by molar-refractivity contribution is 14.0. The molecule has 2 fully saturated rings. The quantitative estimate of drug-likeness (QED) is 0.268. The van der Waals surface area contributed by atoms with E-state index < -0.39 is 0 Å². The number of guanidine groups is 1. The SMILES string of the molecule is CCNC(=NCc1ccccc1OCC1CC1)NCC(=O)NC1CCCCC1.I. The summed E-state index contributed by atoms with van der Waals surface area (Å²) in [6, 6.07) is 8.38. The second-order valence-electron chi connectivity index (χ2n) is 7.81. The maximum Gasteiger partial charge on any atom is 0.239 e. The number of aliphatic imine (C=N–C) groups is 1. The van der Waals surface area contributed by atoms with E-state index in [2.05, 4.69) is 20.9 Å². The Labute approximate surface area is 191 Å². The molecule has 0 spiro atoms. The molecule has 1 aromatic rings. The molecule has 162 valence electrons. The Hall–Kier alpha value is -1.51. The number of carbonyl (C=O) groups excluding carboxylic acids is 1. The van der Waals surface area contributed by atoms with Crippen molar-refractivity contribution in [3.63, 3.8) is 0 Å². The highest BCUT2D eigenvalue weighted by atomic mass is 127. The van der Waals surface area contributed by atoms with E-state index in [4.69, 9.17) is 4.74 Å². The van der Waals surface area contributed by atoms with Gasteiger partial charge in [-0.3, -0.25) is 4.79 Å². The Morgan fingerprint density at radius 1 is 1.10 bits per heavy atom. The van der Waals surface area contributed by atoms with Gasteiger partial charge in [-0.2, -0.15) is 0 Å². The molecule has 0 radical (unpaired) electrons. The lowest BCUT2D eigenvalue weighted by molar-refractivity contribution is -0.120. The first-order valence-electron chi connectivity index (χ1n) is 10.8. The lowest BCUT2D eigenvalue weighted by atomic mass is 9.95. The minimum Gasteiger partial charge on any atom is -0.493 e. The predicted octanol–water partition coefficient (Wildman–Crippen LogP) is 3.60. The first-order chi connectivity index (χ1) is 13.7. The van der Waals surface area contributed by atoms with Crippen molar-refractivity contribution in [3.05, 3.63) is 29.8 Å². The second-order valence-corrected chi connectivity index (χ2v) is 7.81. The number of halogens is 1. The lowest BCUT2D eigenvalue weighted by Crippen LogP contribution is -2.46. The summed E-state index contributed by atoms with van der Waals surface area (Å²) in [5.74, 6) is 2.31. The lowest BCUT2D eigenvalue weighted by Gasteiger charge is -2.23. The molecule has 6 nitrogen and oxygen atoms in total. The van der Waals surface area contributed by atoms with Crippen LogP contribution in [0.4, 0.5) is 0 Å². The fourth-order valence-electron chi connectivity index (χ4n) is 3.46. The fraction of sp³-hybridized carbons (Fsp3) is 0.636. The van der Waals surface area contributed by atoms with Crippen LogP contribution in [-0.2, 0) is 11.3 Å². The Morgan fingerprint density at radius 2 is 1.86 bits per heavy atom. The summed E-state index contributed by atoms with van der Waals surface area (Å²) in [6.45, 7) is 4.31. The van der Waals surface area contributed by atoms with Crippen molar-refractivity contribution in [3.8, 4) is 5.75 Å². The van der Waals surface area contributed by atoms with E-state index in [-0.39, 0.29) is 36.4 Å². The molecular weight excluding hydrogens is 479 g/mol. The summed E-state index contributed by atoms with van der Waals surface area (Å²) in [5, 5.41) is 9.48. The Balaban J connectivity index is 0.00000300. The van der Waals surface area contributed by atoms with E-state index >= 15 is 0 Å². The molecule has 29 heavy (non-hydrogen) atoms. The standard InChI is InChI=1S/C22H34N4O2.HI/c1-2-23-22(25-15-21(27)26-19-9-4-3-5-10-19)24-14-18-8-6-7-11-20(18)28-16-17-12-13-17;/h6-8,11,17,19H,2-5,9-10,12-16H2,1H3,(H,26,27)(H2,23,24,25);1H. The molecule has 3 N–H and O–H groups in total. The molecule has 0 saturated heterocycles. The second kappa shape index (κ2) is 12.9. The monoisotopic (exact) mass is 514 g/mol. The summed E-state index contributed by atoms with van der Waals surface area (Å²) in [6.07, 6.45) is 8.45. The molecule has 7 heteroatoms. The number of nitrogens with zero attached hydrogens (tertiary/aromatic N) is 1. The zero-order valence-electron chi connectivity index (χ0n) is 17.4. The highest BCUT2D eigenvalue weighted by Crippen LogP contribution is 2.30. The molecule has 1 amide bonds.